The predicted octanol–water partition coefficient (Wildman–Crippen LogP) is 4.89. The second-order valence-electron chi connectivity index (χ2n) is 7.68. The Bertz CT molecular complexity index is 958. The van der Waals surface area contributed by atoms with E-state index >= 15 is 0 Å². The Kier molecular flexibility index (Phi) is 5.64. The zero-order chi connectivity index (χ0) is 20.1. The smallest absolute Gasteiger partial charge is 0.190 e. The highest BCUT2D eigenvalue weighted by molar-refractivity contribution is 6.06. The summed E-state index contributed by atoms with van der Waals surface area (Å²) in [6, 6.07) is 14.0. The van der Waals surface area contributed by atoms with Gasteiger partial charge in [0.25, 0.3) is 0 Å². The number of anilines is 2. The monoisotopic (exact) mass is 376 g/mol. The molecule has 0 fully saturated rings. The second kappa shape index (κ2) is 8.13. The van der Waals surface area contributed by atoms with E-state index in [1.54, 1.807) is 30.5 Å². The maximum atomic E-state index is 12.2. The first-order valence-corrected chi connectivity index (χ1v) is 9.19. The zero-order valence-electron chi connectivity index (χ0n) is 16.0. The molecule has 0 saturated carbocycles. The number of hydrogen-bond acceptors (Lipinski definition) is 5. The Morgan fingerprint density at radius 2 is 1.71 bits per heavy atom. The number of carbonyl (C=O) groups excluding carboxylic acids is 2. The average Bonchev–Trinajstić information content (AvgIpc) is 2.61. The quantitative estimate of drug-likeness (QED) is 0.494. The lowest BCUT2D eigenvalue weighted by Gasteiger charge is -2.29. The van der Waals surface area contributed by atoms with Gasteiger partial charge in [-0.3, -0.25) is 9.59 Å². The maximum absolute atomic E-state index is 12.2. The van der Waals surface area contributed by atoms with Crippen LogP contribution < -0.4 is 10.6 Å². The lowest BCUT2D eigenvalue weighted by molar-refractivity contribution is -0.117. The van der Waals surface area contributed by atoms with Crippen LogP contribution in [-0.4, -0.2) is 16.7 Å². The summed E-state index contributed by atoms with van der Waals surface area (Å²) in [4.78, 5) is 24.2. The molecule has 5 heteroatoms. The van der Waals surface area contributed by atoms with Gasteiger partial charge in [-0.25, -0.2) is 0 Å². The lowest BCUT2D eigenvalue weighted by atomic mass is 9.79. The molecule has 0 saturated heterocycles. The van der Waals surface area contributed by atoms with Crippen LogP contribution in [0.1, 0.15) is 37.0 Å². The normalized spacial score (nSPS) is 15.9. The summed E-state index contributed by atoms with van der Waals surface area (Å²) >= 11 is 0. The van der Waals surface area contributed by atoms with Gasteiger partial charge in [-0.05, 0) is 36.1 Å². The Morgan fingerprint density at radius 3 is 2.43 bits per heavy atom. The molecule has 1 aliphatic carbocycles. The van der Waals surface area contributed by atoms with Gasteiger partial charge in [0, 0.05) is 30.5 Å². The topological polar surface area (TPSA) is 78.4 Å². The third-order valence-electron chi connectivity index (χ3n) is 4.52. The molecule has 0 unspecified atom stereocenters. The molecule has 2 aromatic carbocycles. The van der Waals surface area contributed by atoms with Gasteiger partial charge in [-0.15, -0.1) is 0 Å². The minimum absolute atomic E-state index is 0.0456. The molecule has 0 aliphatic heterocycles. The molecule has 0 spiro atoms. The number of phenols is 1. The van der Waals surface area contributed by atoms with E-state index in [2.05, 4.69) is 24.5 Å². The third kappa shape index (κ3) is 4.88. The molecule has 5 nitrogen and oxygen atoms in total. The first-order valence-electron chi connectivity index (χ1n) is 9.19. The van der Waals surface area contributed by atoms with Gasteiger partial charge in [-0.2, -0.15) is 0 Å². The molecular formula is C23H24N2O3. The summed E-state index contributed by atoms with van der Waals surface area (Å²) in [7, 11) is 0. The predicted molar refractivity (Wildman–Crippen MR) is 111 cm³/mol. The highest BCUT2D eigenvalue weighted by Gasteiger charge is 2.27. The van der Waals surface area contributed by atoms with Gasteiger partial charge in [-0.1, -0.05) is 38.1 Å². The van der Waals surface area contributed by atoms with Gasteiger partial charge in [0.1, 0.15) is 5.75 Å². The summed E-state index contributed by atoms with van der Waals surface area (Å²) in [5.74, 6) is -0.216. The molecule has 2 aromatic rings. The highest BCUT2D eigenvalue weighted by Crippen LogP contribution is 2.35. The van der Waals surface area contributed by atoms with Crippen molar-refractivity contribution in [2.24, 2.45) is 5.41 Å². The fourth-order valence-electron chi connectivity index (χ4n) is 3.30. The minimum atomic E-state index is -0.293. The van der Waals surface area contributed by atoms with Crippen LogP contribution >= 0.6 is 0 Å². The average molecular weight is 376 g/mol. The van der Waals surface area contributed by atoms with Gasteiger partial charge in [0.2, 0.25) is 0 Å². The Hall–Kier alpha value is -3.34. The van der Waals surface area contributed by atoms with Crippen molar-refractivity contribution < 1.29 is 14.7 Å². The molecule has 0 aromatic heterocycles. The molecule has 0 radical (unpaired) electrons. The van der Waals surface area contributed by atoms with E-state index in [0.717, 1.165) is 23.5 Å². The van der Waals surface area contributed by atoms with E-state index in [1.807, 2.05) is 24.3 Å². The first kappa shape index (κ1) is 19.4. The number of nitrogens with one attached hydrogen (secondary N) is 2. The number of rotatable bonds is 6. The van der Waals surface area contributed by atoms with Crippen molar-refractivity contribution in [3.63, 3.8) is 0 Å². The van der Waals surface area contributed by atoms with Crippen molar-refractivity contribution >= 4 is 22.9 Å². The second-order valence-corrected chi connectivity index (χ2v) is 7.68. The molecule has 0 bridgehead atoms. The van der Waals surface area contributed by atoms with Crippen LogP contribution in [-0.2, 0) is 4.79 Å². The van der Waals surface area contributed by atoms with Crippen LogP contribution in [0.25, 0.3) is 0 Å². The Morgan fingerprint density at radius 1 is 1.04 bits per heavy atom. The van der Waals surface area contributed by atoms with E-state index in [4.69, 9.17) is 0 Å². The van der Waals surface area contributed by atoms with E-state index in [9.17, 15) is 14.7 Å². The Labute approximate surface area is 164 Å². The van der Waals surface area contributed by atoms with Gasteiger partial charge >= 0.3 is 0 Å². The standard InChI is InChI=1S/C23H24N2O3/c1-23(2)14-16(13-17(26)15-23)25-20-9-5-4-8-19(20)24-12-11-22(28)18-7-3-6-10-21(18)27/h3-13,24-25,27H,14-15H2,1-2H3/b12-11-. The van der Waals surface area contributed by atoms with E-state index in [1.165, 1.54) is 12.1 Å². The largest absolute Gasteiger partial charge is 0.507 e. The number of phenolic OH excluding ortho intramolecular Hbond substituents is 1. The number of carbonyl (C=O) groups is 2. The summed E-state index contributed by atoms with van der Waals surface area (Å²) in [6.07, 6.45) is 5.92. The summed E-state index contributed by atoms with van der Waals surface area (Å²) in [6.45, 7) is 4.16. The Balaban J connectivity index is 1.72. The fraction of sp³-hybridized carbons (Fsp3) is 0.217. The number of allylic oxidation sites excluding steroid dienone is 3. The van der Waals surface area contributed by atoms with Crippen LogP contribution in [0.5, 0.6) is 5.75 Å². The number of aromatic hydroxyl groups is 1. The molecule has 0 atom stereocenters. The van der Waals surface area contributed by atoms with Crippen molar-refractivity contribution in [1.82, 2.24) is 0 Å². The first-order chi connectivity index (χ1) is 13.3. The zero-order valence-corrected chi connectivity index (χ0v) is 16.0. The third-order valence-corrected chi connectivity index (χ3v) is 4.52. The van der Waals surface area contributed by atoms with Crippen molar-refractivity contribution in [3.05, 3.63) is 78.1 Å². The van der Waals surface area contributed by atoms with Gasteiger partial charge in [0.05, 0.1) is 16.9 Å². The molecule has 28 heavy (non-hydrogen) atoms. The number of para-hydroxylation sites is 3. The van der Waals surface area contributed by atoms with E-state index < -0.39 is 0 Å². The fourth-order valence-corrected chi connectivity index (χ4v) is 3.30. The van der Waals surface area contributed by atoms with Gasteiger partial charge in [0.15, 0.2) is 11.6 Å². The van der Waals surface area contributed by atoms with Crippen LogP contribution in [0.4, 0.5) is 11.4 Å². The molecule has 0 amide bonds. The minimum Gasteiger partial charge on any atom is -0.507 e. The SMILES string of the molecule is CC1(C)CC(=O)C=C(Nc2ccccc2N/C=C\C(=O)c2ccccc2O)C1. The van der Waals surface area contributed by atoms with Crippen molar-refractivity contribution in [1.29, 1.82) is 0 Å². The van der Waals surface area contributed by atoms with Crippen LogP contribution in [0.15, 0.2) is 72.6 Å². The number of benzene rings is 2. The van der Waals surface area contributed by atoms with E-state index in [-0.39, 0.29) is 28.3 Å². The van der Waals surface area contributed by atoms with Crippen molar-refractivity contribution in [2.45, 2.75) is 26.7 Å². The van der Waals surface area contributed by atoms with Crippen LogP contribution in [0.3, 0.4) is 0 Å². The molecule has 1 aliphatic rings. The van der Waals surface area contributed by atoms with Crippen molar-refractivity contribution in [3.8, 4) is 5.75 Å². The lowest BCUT2D eigenvalue weighted by Crippen LogP contribution is -2.24. The maximum Gasteiger partial charge on any atom is 0.190 e. The van der Waals surface area contributed by atoms with Crippen LogP contribution in [0.2, 0.25) is 0 Å². The van der Waals surface area contributed by atoms with E-state index in [0.29, 0.717) is 6.42 Å². The summed E-state index contributed by atoms with van der Waals surface area (Å²) in [5, 5.41) is 16.2. The molecule has 3 N–H and O–H groups in total. The molecule has 3 rings (SSSR count). The van der Waals surface area contributed by atoms with Crippen LogP contribution in [0, 0.1) is 5.41 Å². The summed E-state index contributed by atoms with van der Waals surface area (Å²) in [5.41, 5.74) is 2.66. The van der Waals surface area contributed by atoms with Gasteiger partial charge < -0.3 is 15.7 Å². The highest BCUT2D eigenvalue weighted by atomic mass is 16.3. The molecule has 0 heterocycles. The molecular weight excluding hydrogens is 352 g/mol. The number of hydrogen-bond donors (Lipinski definition) is 3. The molecule has 144 valence electrons. The number of ketones is 2. The van der Waals surface area contributed by atoms with Crippen molar-refractivity contribution in [2.75, 3.05) is 10.6 Å². The summed E-state index contributed by atoms with van der Waals surface area (Å²) < 4.78 is 0.